The number of anilines is 4. The lowest BCUT2D eigenvalue weighted by molar-refractivity contribution is -0.383. The number of hydrogen-bond acceptors (Lipinski definition) is 7. The number of hydrogen-bond donors (Lipinski definition) is 2. The van der Waals surface area contributed by atoms with Gasteiger partial charge in [0.25, 0.3) is 0 Å². The molecule has 0 amide bonds. The zero-order valence-electron chi connectivity index (χ0n) is 15.2. The Morgan fingerprint density at radius 1 is 1.04 bits per heavy atom. The smallest absolute Gasteiger partial charge is 0.334 e. The Bertz CT molecular complexity index is 948. The van der Waals surface area contributed by atoms with E-state index in [0.29, 0.717) is 5.82 Å². The van der Waals surface area contributed by atoms with Gasteiger partial charge in [-0.05, 0) is 58.6 Å². The molecule has 0 atom stereocenters. The van der Waals surface area contributed by atoms with Gasteiger partial charge in [-0.2, -0.15) is 0 Å². The molecule has 2 heterocycles. The molecule has 9 heteroatoms. The minimum absolute atomic E-state index is 0.0666. The van der Waals surface area contributed by atoms with Crippen LogP contribution < -0.4 is 10.6 Å². The predicted molar refractivity (Wildman–Crippen MR) is 112 cm³/mol. The Hall–Kier alpha value is -3.07. The summed E-state index contributed by atoms with van der Waals surface area (Å²) in [6.45, 7) is 2.15. The number of nitrogens with zero attached hydrogens (tertiary/aromatic N) is 4. The van der Waals surface area contributed by atoms with Crippen molar-refractivity contribution in [2.45, 2.75) is 26.2 Å². The highest BCUT2D eigenvalue weighted by atomic mass is 79.9. The molecule has 0 spiro atoms. The Morgan fingerprint density at radius 3 is 2.36 bits per heavy atom. The van der Waals surface area contributed by atoms with Gasteiger partial charge < -0.3 is 10.6 Å². The summed E-state index contributed by atoms with van der Waals surface area (Å²) in [6, 6.07) is 11.3. The number of aromatic nitrogens is 3. The van der Waals surface area contributed by atoms with Crippen molar-refractivity contribution in [1.82, 2.24) is 15.0 Å². The maximum absolute atomic E-state index is 11.7. The third-order valence-electron chi connectivity index (χ3n) is 4.01. The van der Waals surface area contributed by atoms with E-state index in [-0.39, 0.29) is 17.3 Å². The van der Waals surface area contributed by atoms with Gasteiger partial charge in [0.2, 0.25) is 11.6 Å². The highest BCUT2D eigenvalue weighted by Gasteiger charge is 2.23. The number of pyridine rings is 1. The lowest BCUT2D eigenvalue weighted by atomic mass is 10.1. The van der Waals surface area contributed by atoms with Crippen molar-refractivity contribution >= 4 is 44.8 Å². The van der Waals surface area contributed by atoms with E-state index in [9.17, 15) is 10.1 Å². The van der Waals surface area contributed by atoms with Gasteiger partial charge in [-0.25, -0.2) is 15.0 Å². The van der Waals surface area contributed by atoms with Crippen LogP contribution in [0.2, 0.25) is 0 Å². The van der Waals surface area contributed by atoms with Gasteiger partial charge in [-0.15, -0.1) is 0 Å². The zero-order chi connectivity index (χ0) is 19.9. The van der Waals surface area contributed by atoms with Crippen molar-refractivity contribution in [3.8, 4) is 0 Å². The highest BCUT2D eigenvalue weighted by Crippen LogP contribution is 2.32. The molecule has 3 rings (SSSR count). The molecular weight excluding hydrogens is 424 g/mol. The summed E-state index contributed by atoms with van der Waals surface area (Å²) in [5.41, 5.74) is 1.70. The number of aryl methyl sites for hydroxylation is 1. The Labute approximate surface area is 170 Å². The van der Waals surface area contributed by atoms with Crippen LogP contribution in [0.15, 0.2) is 53.4 Å². The normalized spacial score (nSPS) is 10.5. The summed E-state index contributed by atoms with van der Waals surface area (Å²) in [5.74, 6) is 0.619. The number of nitro groups is 1. The standard InChI is InChI=1S/C19H19BrN6O2/c1-2-3-4-13-5-8-15(9-6-13)24-18-17(26(27)28)19(23-12-22-18)25-16-10-7-14(20)11-21-16/h5-12H,2-4H2,1H3,(H2,21,22,23,24,25). The number of rotatable bonds is 8. The van der Waals surface area contributed by atoms with Crippen LogP contribution in [-0.4, -0.2) is 19.9 Å². The van der Waals surface area contributed by atoms with E-state index in [4.69, 9.17) is 0 Å². The molecule has 144 valence electrons. The molecule has 28 heavy (non-hydrogen) atoms. The van der Waals surface area contributed by atoms with Gasteiger partial charge in [0.05, 0.1) is 4.92 Å². The van der Waals surface area contributed by atoms with Gasteiger partial charge >= 0.3 is 5.69 Å². The Balaban J connectivity index is 1.84. The summed E-state index contributed by atoms with van der Waals surface area (Å²) >= 11 is 3.30. The van der Waals surface area contributed by atoms with Crippen molar-refractivity contribution < 1.29 is 4.92 Å². The lowest BCUT2D eigenvalue weighted by Gasteiger charge is -2.10. The van der Waals surface area contributed by atoms with E-state index < -0.39 is 4.92 Å². The molecular formula is C19H19BrN6O2. The van der Waals surface area contributed by atoms with Gasteiger partial charge in [0.1, 0.15) is 12.1 Å². The van der Waals surface area contributed by atoms with E-state index in [2.05, 4.69) is 48.4 Å². The highest BCUT2D eigenvalue weighted by molar-refractivity contribution is 9.10. The van der Waals surface area contributed by atoms with Crippen molar-refractivity contribution in [2.24, 2.45) is 0 Å². The summed E-state index contributed by atoms with van der Waals surface area (Å²) < 4.78 is 0.806. The summed E-state index contributed by atoms with van der Waals surface area (Å²) in [6.07, 6.45) is 6.14. The molecule has 1 aromatic carbocycles. The minimum Gasteiger partial charge on any atom is -0.334 e. The maximum atomic E-state index is 11.7. The monoisotopic (exact) mass is 442 g/mol. The van der Waals surface area contributed by atoms with Crippen LogP contribution in [0.5, 0.6) is 0 Å². The van der Waals surface area contributed by atoms with Gasteiger partial charge in [0.15, 0.2) is 0 Å². The molecule has 0 unspecified atom stereocenters. The SMILES string of the molecule is CCCCc1ccc(Nc2ncnc(Nc3ccc(Br)cn3)c2[N+](=O)[O-])cc1. The van der Waals surface area contributed by atoms with Gasteiger partial charge in [-0.3, -0.25) is 10.1 Å². The maximum Gasteiger partial charge on any atom is 0.353 e. The van der Waals surface area contributed by atoms with Crippen molar-refractivity contribution in [3.63, 3.8) is 0 Å². The topological polar surface area (TPSA) is 106 Å². The van der Waals surface area contributed by atoms with Crippen LogP contribution in [0, 0.1) is 10.1 Å². The van der Waals surface area contributed by atoms with Crippen LogP contribution >= 0.6 is 15.9 Å². The zero-order valence-corrected chi connectivity index (χ0v) is 16.8. The Kier molecular flexibility index (Phi) is 6.49. The van der Waals surface area contributed by atoms with E-state index in [1.807, 2.05) is 24.3 Å². The third-order valence-corrected chi connectivity index (χ3v) is 4.48. The van der Waals surface area contributed by atoms with E-state index in [1.165, 1.54) is 11.9 Å². The molecule has 3 aromatic rings. The van der Waals surface area contributed by atoms with Gasteiger partial charge in [-0.1, -0.05) is 25.5 Å². The molecule has 0 saturated carbocycles. The summed E-state index contributed by atoms with van der Waals surface area (Å²) in [5, 5.41) is 17.6. The lowest BCUT2D eigenvalue weighted by Crippen LogP contribution is -2.06. The van der Waals surface area contributed by atoms with E-state index in [1.54, 1.807) is 18.3 Å². The first-order valence-corrected chi connectivity index (χ1v) is 9.60. The summed E-state index contributed by atoms with van der Waals surface area (Å²) in [7, 11) is 0. The molecule has 0 bridgehead atoms. The van der Waals surface area contributed by atoms with Crippen molar-refractivity contribution in [3.05, 3.63) is 69.1 Å². The van der Waals surface area contributed by atoms with Crippen molar-refractivity contribution in [1.29, 1.82) is 0 Å². The van der Waals surface area contributed by atoms with Crippen LogP contribution in [0.25, 0.3) is 0 Å². The molecule has 0 aliphatic rings. The molecule has 0 aliphatic carbocycles. The average Bonchev–Trinajstić information content (AvgIpc) is 2.69. The number of benzene rings is 1. The summed E-state index contributed by atoms with van der Waals surface area (Å²) in [4.78, 5) is 23.4. The van der Waals surface area contributed by atoms with Crippen LogP contribution in [-0.2, 0) is 6.42 Å². The third kappa shape index (κ3) is 5.01. The molecule has 0 radical (unpaired) electrons. The second-order valence-corrected chi connectivity index (χ2v) is 7.00. The first-order valence-electron chi connectivity index (χ1n) is 8.80. The van der Waals surface area contributed by atoms with Crippen LogP contribution in [0.1, 0.15) is 25.3 Å². The second-order valence-electron chi connectivity index (χ2n) is 6.09. The number of halogens is 1. The fourth-order valence-corrected chi connectivity index (χ4v) is 2.81. The second kappa shape index (κ2) is 9.23. The molecule has 8 nitrogen and oxygen atoms in total. The van der Waals surface area contributed by atoms with Crippen molar-refractivity contribution in [2.75, 3.05) is 10.6 Å². The largest absolute Gasteiger partial charge is 0.353 e. The van der Waals surface area contributed by atoms with E-state index in [0.717, 1.165) is 29.4 Å². The number of nitrogens with one attached hydrogen (secondary N) is 2. The number of unbranched alkanes of at least 4 members (excludes halogenated alkanes) is 1. The minimum atomic E-state index is -0.515. The van der Waals surface area contributed by atoms with E-state index >= 15 is 0 Å². The molecule has 0 fully saturated rings. The van der Waals surface area contributed by atoms with Crippen LogP contribution in [0.4, 0.5) is 28.8 Å². The molecule has 0 saturated heterocycles. The first kappa shape index (κ1) is 19.7. The van der Waals surface area contributed by atoms with Crippen LogP contribution in [0.3, 0.4) is 0 Å². The molecule has 2 aromatic heterocycles. The fraction of sp³-hybridized carbons (Fsp3) is 0.211. The molecule has 2 N–H and O–H groups in total. The predicted octanol–water partition coefficient (Wildman–Crippen LogP) is 5.37. The van der Waals surface area contributed by atoms with Gasteiger partial charge in [0, 0.05) is 16.4 Å². The Morgan fingerprint density at radius 2 is 1.75 bits per heavy atom. The quantitative estimate of drug-likeness (QED) is 0.356. The first-order chi connectivity index (χ1) is 13.6. The molecule has 0 aliphatic heterocycles. The average molecular weight is 443 g/mol. The fourth-order valence-electron chi connectivity index (χ4n) is 2.58.